The summed E-state index contributed by atoms with van der Waals surface area (Å²) < 4.78 is 18.0. The summed E-state index contributed by atoms with van der Waals surface area (Å²) >= 11 is 4.40. The molecule has 0 radical (unpaired) electrons. The quantitative estimate of drug-likeness (QED) is 0.737. The molecule has 0 aliphatic rings. The lowest BCUT2D eigenvalue weighted by molar-refractivity contribution is 0.102. The highest BCUT2D eigenvalue weighted by atomic mass is 79.9. The molecule has 1 amide bonds. The fraction of sp³-hybridized carbons (Fsp3) is 0. The molecular formula is C15H9BrFN3OS. The number of halogens is 2. The predicted octanol–water partition coefficient (Wildman–Crippen LogP) is 4.36. The number of rotatable bonds is 3. The van der Waals surface area contributed by atoms with E-state index in [-0.39, 0.29) is 11.7 Å². The van der Waals surface area contributed by atoms with Crippen molar-refractivity contribution in [1.29, 1.82) is 0 Å². The summed E-state index contributed by atoms with van der Waals surface area (Å²) in [7, 11) is 0. The zero-order valence-electron chi connectivity index (χ0n) is 11.1. The van der Waals surface area contributed by atoms with Crippen LogP contribution in [0.5, 0.6) is 0 Å². The van der Waals surface area contributed by atoms with Gasteiger partial charge in [0.05, 0.1) is 0 Å². The van der Waals surface area contributed by atoms with Crippen LogP contribution in [-0.4, -0.2) is 15.3 Å². The second kappa shape index (κ2) is 6.33. The van der Waals surface area contributed by atoms with Crippen LogP contribution < -0.4 is 5.32 Å². The van der Waals surface area contributed by atoms with E-state index in [4.69, 9.17) is 0 Å². The molecule has 0 aliphatic heterocycles. The number of hydrogen-bond donors (Lipinski definition) is 1. The summed E-state index contributed by atoms with van der Waals surface area (Å²) in [5.74, 6) is -0.117. The molecule has 7 heteroatoms. The smallest absolute Gasteiger partial charge is 0.257 e. The molecule has 0 bridgehead atoms. The maximum atomic E-state index is 12.9. The van der Waals surface area contributed by atoms with Crippen LogP contribution >= 0.6 is 27.5 Å². The van der Waals surface area contributed by atoms with E-state index in [0.29, 0.717) is 22.1 Å². The first-order valence-corrected chi connectivity index (χ1v) is 7.85. The zero-order valence-corrected chi connectivity index (χ0v) is 13.5. The molecule has 0 fully saturated rings. The van der Waals surface area contributed by atoms with Gasteiger partial charge in [-0.15, -0.1) is 0 Å². The highest BCUT2D eigenvalue weighted by Crippen LogP contribution is 2.22. The molecule has 0 saturated heterocycles. The molecule has 0 spiro atoms. The number of hydrogen-bond acceptors (Lipinski definition) is 4. The third-order valence-electron chi connectivity index (χ3n) is 2.86. The van der Waals surface area contributed by atoms with E-state index in [1.165, 1.54) is 12.1 Å². The molecule has 0 aliphatic carbocycles. The number of benzene rings is 2. The molecule has 0 atom stereocenters. The number of aromatic nitrogens is 2. The van der Waals surface area contributed by atoms with Crippen molar-refractivity contribution < 1.29 is 9.18 Å². The Morgan fingerprint density at radius 1 is 1.09 bits per heavy atom. The van der Waals surface area contributed by atoms with Crippen molar-refractivity contribution in [3.8, 4) is 11.4 Å². The first-order valence-electron chi connectivity index (χ1n) is 6.28. The Morgan fingerprint density at radius 3 is 2.45 bits per heavy atom. The molecule has 0 unspecified atom stereocenters. The zero-order chi connectivity index (χ0) is 15.5. The summed E-state index contributed by atoms with van der Waals surface area (Å²) in [6, 6.07) is 12.9. The normalized spacial score (nSPS) is 10.5. The van der Waals surface area contributed by atoms with E-state index in [1.54, 1.807) is 36.4 Å². The van der Waals surface area contributed by atoms with Gasteiger partial charge in [-0.25, -0.2) is 4.39 Å². The van der Waals surface area contributed by atoms with E-state index >= 15 is 0 Å². The third kappa shape index (κ3) is 3.37. The molecule has 22 heavy (non-hydrogen) atoms. The van der Waals surface area contributed by atoms with E-state index in [0.717, 1.165) is 16.0 Å². The van der Waals surface area contributed by atoms with E-state index in [2.05, 4.69) is 30.6 Å². The van der Waals surface area contributed by atoms with Gasteiger partial charge in [-0.3, -0.25) is 10.1 Å². The second-order valence-electron chi connectivity index (χ2n) is 4.39. The summed E-state index contributed by atoms with van der Waals surface area (Å²) in [6.45, 7) is 0. The van der Waals surface area contributed by atoms with Crippen molar-refractivity contribution in [3.05, 3.63) is 64.4 Å². The maximum Gasteiger partial charge on any atom is 0.257 e. The van der Waals surface area contributed by atoms with Crippen molar-refractivity contribution in [2.75, 3.05) is 5.32 Å². The van der Waals surface area contributed by atoms with Gasteiger partial charge < -0.3 is 0 Å². The lowest BCUT2D eigenvalue weighted by Crippen LogP contribution is -2.11. The van der Waals surface area contributed by atoms with Crippen LogP contribution in [0.1, 0.15) is 10.4 Å². The Hall–Kier alpha value is -2.12. The minimum Gasteiger partial charge on any atom is -0.297 e. The Bertz CT molecular complexity index is 802. The van der Waals surface area contributed by atoms with Crippen LogP contribution in [0.25, 0.3) is 11.4 Å². The van der Waals surface area contributed by atoms with Gasteiger partial charge in [0, 0.05) is 27.1 Å². The van der Waals surface area contributed by atoms with Crippen LogP contribution in [-0.2, 0) is 0 Å². The van der Waals surface area contributed by atoms with E-state index < -0.39 is 0 Å². The Morgan fingerprint density at radius 2 is 1.77 bits per heavy atom. The third-order valence-corrected chi connectivity index (χ3v) is 4.01. The van der Waals surface area contributed by atoms with Crippen LogP contribution in [0.2, 0.25) is 0 Å². The van der Waals surface area contributed by atoms with Gasteiger partial charge in [0.25, 0.3) is 5.91 Å². The molecule has 1 aromatic heterocycles. The number of anilines is 1. The molecule has 4 nitrogen and oxygen atoms in total. The molecule has 1 heterocycles. The Kier molecular flexibility index (Phi) is 4.26. The first-order chi connectivity index (χ1) is 10.6. The summed E-state index contributed by atoms with van der Waals surface area (Å²) in [6.07, 6.45) is 0. The number of nitrogens with one attached hydrogen (secondary N) is 1. The number of amides is 1. The molecule has 1 N–H and O–H groups in total. The maximum absolute atomic E-state index is 12.9. The minimum absolute atomic E-state index is 0.255. The van der Waals surface area contributed by atoms with Gasteiger partial charge in [0.1, 0.15) is 5.82 Å². The SMILES string of the molecule is O=C(Nc1nc(-c2ccc(F)cc2)ns1)c1ccc(Br)cc1. The second-order valence-corrected chi connectivity index (χ2v) is 6.06. The summed E-state index contributed by atoms with van der Waals surface area (Å²) in [5.41, 5.74) is 1.23. The fourth-order valence-corrected chi connectivity index (χ4v) is 2.61. The highest BCUT2D eigenvalue weighted by molar-refractivity contribution is 9.10. The summed E-state index contributed by atoms with van der Waals surface area (Å²) in [5, 5.41) is 3.09. The van der Waals surface area contributed by atoms with Crippen LogP contribution in [0.3, 0.4) is 0 Å². The van der Waals surface area contributed by atoms with Crippen molar-refractivity contribution in [2.24, 2.45) is 0 Å². The highest BCUT2D eigenvalue weighted by Gasteiger charge is 2.11. The molecule has 3 rings (SSSR count). The van der Waals surface area contributed by atoms with E-state index in [1.807, 2.05) is 0 Å². The first kappa shape index (κ1) is 14.8. The Balaban J connectivity index is 1.75. The largest absolute Gasteiger partial charge is 0.297 e. The van der Waals surface area contributed by atoms with Gasteiger partial charge in [-0.05, 0) is 48.5 Å². The van der Waals surface area contributed by atoms with Gasteiger partial charge in [0.15, 0.2) is 5.82 Å². The lowest BCUT2D eigenvalue weighted by Gasteiger charge is -2.01. The monoisotopic (exact) mass is 377 g/mol. The molecule has 2 aromatic carbocycles. The number of carbonyl (C=O) groups excluding carboxylic acids is 1. The molecule has 110 valence electrons. The van der Waals surface area contributed by atoms with Crippen molar-refractivity contribution in [1.82, 2.24) is 9.36 Å². The molecule has 0 saturated carbocycles. The average molecular weight is 378 g/mol. The predicted molar refractivity (Wildman–Crippen MR) is 87.4 cm³/mol. The molecular weight excluding hydrogens is 369 g/mol. The van der Waals surface area contributed by atoms with Crippen LogP contribution in [0, 0.1) is 5.82 Å². The van der Waals surface area contributed by atoms with Crippen molar-refractivity contribution in [3.63, 3.8) is 0 Å². The van der Waals surface area contributed by atoms with Gasteiger partial charge in [-0.1, -0.05) is 15.9 Å². The van der Waals surface area contributed by atoms with Gasteiger partial charge in [0.2, 0.25) is 5.13 Å². The topological polar surface area (TPSA) is 54.9 Å². The standard InChI is InChI=1S/C15H9BrFN3OS/c16-11-5-1-10(2-6-11)14(21)19-15-18-13(20-22-15)9-3-7-12(17)8-4-9/h1-8H,(H,18,19,20,21). The fourth-order valence-electron chi connectivity index (χ4n) is 1.76. The lowest BCUT2D eigenvalue weighted by atomic mass is 10.2. The van der Waals surface area contributed by atoms with Gasteiger partial charge >= 0.3 is 0 Å². The van der Waals surface area contributed by atoms with Crippen molar-refractivity contribution in [2.45, 2.75) is 0 Å². The molecule has 3 aromatic rings. The van der Waals surface area contributed by atoms with Gasteiger partial charge in [-0.2, -0.15) is 9.36 Å². The van der Waals surface area contributed by atoms with Crippen LogP contribution in [0.4, 0.5) is 9.52 Å². The van der Waals surface area contributed by atoms with E-state index in [9.17, 15) is 9.18 Å². The van der Waals surface area contributed by atoms with Crippen molar-refractivity contribution >= 4 is 38.5 Å². The minimum atomic E-state index is -0.317. The Labute approximate surface area is 138 Å². The van der Waals surface area contributed by atoms with Crippen LogP contribution in [0.15, 0.2) is 53.0 Å². The summed E-state index contributed by atoms with van der Waals surface area (Å²) in [4.78, 5) is 16.3. The number of nitrogens with zero attached hydrogens (tertiary/aromatic N) is 2. The number of carbonyl (C=O) groups is 1. The average Bonchev–Trinajstić information content (AvgIpc) is 2.97.